The number of aryl methyl sites for hydroxylation is 5. The van der Waals surface area contributed by atoms with Gasteiger partial charge in [-0.15, -0.1) is 0 Å². The third-order valence-electron chi connectivity index (χ3n) is 9.19. The minimum Gasteiger partial charge on any atom is -0.494 e. The number of carboxylic acid groups (broad SMARTS) is 1. The predicted molar refractivity (Wildman–Crippen MR) is 186 cm³/mol. The number of amides is 1. The number of fused-ring (bicyclic) bond motifs is 3. The molecule has 5 aromatic rings. The maximum Gasteiger partial charge on any atom is 0.335 e. The van der Waals surface area contributed by atoms with E-state index in [2.05, 4.69) is 16.6 Å². The van der Waals surface area contributed by atoms with Gasteiger partial charge in [-0.25, -0.2) is 4.79 Å². The van der Waals surface area contributed by atoms with E-state index in [1.807, 2.05) is 74.7 Å². The summed E-state index contributed by atoms with van der Waals surface area (Å²) in [7, 11) is 1.92. The highest BCUT2D eigenvalue weighted by atomic mass is 35.5. The summed E-state index contributed by atoms with van der Waals surface area (Å²) in [6.45, 7) is 11.3. The number of nitrogens with zero attached hydrogens (tertiary/aromatic N) is 4. The lowest BCUT2D eigenvalue weighted by molar-refractivity contribution is 0.0663. The van der Waals surface area contributed by atoms with Crippen LogP contribution in [0.25, 0.3) is 22.0 Å². The van der Waals surface area contributed by atoms with E-state index in [9.17, 15) is 14.7 Å². The van der Waals surface area contributed by atoms with Crippen LogP contribution < -0.4 is 4.74 Å². The molecule has 3 heterocycles. The SMILES string of the molecule is Cc1cc(OCCCc2c3n(c4c(-c5c(C)nn(C)c5C)c(Cl)ccc24)[C@@H](C)CN(Cc2cccc(C(=O)O)c2)C3=O)cc(C)c1Cl. The molecule has 1 atom stereocenters. The highest BCUT2D eigenvalue weighted by Gasteiger charge is 2.36. The quantitative estimate of drug-likeness (QED) is 0.159. The smallest absolute Gasteiger partial charge is 0.335 e. The van der Waals surface area contributed by atoms with Crippen LogP contribution in [0.15, 0.2) is 48.5 Å². The molecule has 1 aliphatic heterocycles. The number of aromatic carboxylic acids is 1. The fourth-order valence-corrected chi connectivity index (χ4v) is 7.32. The second kappa shape index (κ2) is 12.7. The molecule has 244 valence electrons. The zero-order chi connectivity index (χ0) is 33.7. The third kappa shape index (κ3) is 5.89. The second-order valence-electron chi connectivity index (χ2n) is 12.5. The number of aromatic nitrogens is 3. The van der Waals surface area contributed by atoms with Gasteiger partial charge in [-0.3, -0.25) is 9.48 Å². The molecular weight excluding hydrogens is 635 g/mol. The lowest BCUT2D eigenvalue weighted by atomic mass is 9.98. The van der Waals surface area contributed by atoms with Gasteiger partial charge in [-0.1, -0.05) is 41.4 Å². The van der Waals surface area contributed by atoms with Gasteiger partial charge in [0.25, 0.3) is 5.91 Å². The Labute approximate surface area is 284 Å². The summed E-state index contributed by atoms with van der Waals surface area (Å²) >= 11 is 13.4. The van der Waals surface area contributed by atoms with Gasteiger partial charge >= 0.3 is 5.97 Å². The lowest BCUT2D eigenvalue weighted by Crippen LogP contribution is -2.42. The number of carbonyl (C=O) groups is 2. The average Bonchev–Trinajstić information content (AvgIpc) is 3.49. The molecule has 10 heteroatoms. The molecule has 3 aromatic carbocycles. The first kappa shape index (κ1) is 32.7. The minimum atomic E-state index is -0.996. The fraction of sp³-hybridized carbons (Fsp3) is 0.324. The zero-order valence-corrected chi connectivity index (χ0v) is 29.0. The van der Waals surface area contributed by atoms with Gasteiger partial charge in [0.05, 0.1) is 28.4 Å². The van der Waals surface area contributed by atoms with Crippen LogP contribution in [0.4, 0.5) is 0 Å². The number of hydrogen-bond donors (Lipinski definition) is 1. The Morgan fingerprint density at radius 1 is 1.04 bits per heavy atom. The monoisotopic (exact) mass is 672 g/mol. The lowest BCUT2D eigenvalue weighted by Gasteiger charge is -2.34. The van der Waals surface area contributed by atoms with Crippen molar-refractivity contribution < 1.29 is 19.4 Å². The Bertz CT molecular complexity index is 2040. The van der Waals surface area contributed by atoms with Gasteiger partial charge in [-0.2, -0.15) is 5.10 Å². The molecule has 0 aliphatic carbocycles. The fourth-order valence-electron chi connectivity index (χ4n) is 6.97. The number of benzene rings is 3. The number of hydrogen-bond acceptors (Lipinski definition) is 4. The van der Waals surface area contributed by atoms with E-state index >= 15 is 0 Å². The van der Waals surface area contributed by atoms with Crippen molar-refractivity contribution in [3.05, 3.63) is 103 Å². The summed E-state index contributed by atoms with van der Waals surface area (Å²) in [5, 5.41) is 16.5. The molecule has 6 rings (SSSR count). The van der Waals surface area contributed by atoms with Crippen molar-refractivity contribution >= 4 is 46.0 Å². The van der Waals surface area contributed by atoms with Crippen molar-refractivity contribution in [3.63, 3.8) is 0 Å². The molecule has 0 bridgehead atoms. The summed E-state index contributed by atoms with van der Waals surface area (Å²) in [5.74, 6) is -0.324. The first-order valence-electron chi connectivity index (χ1n) is 15.7. The largest absolute Gasteiger partial charge is 0.494 e. The second-order valence-corrected chi connectivity index (χ2v) is 13.3. The molecule has 1 aliphatic rings. The summed E-state index contributed by atoms with van der Waals surface area (Å²) in [6, 6.07) is 14.5. The molecule has 8 nitrogen and oxygen atoms in total. The number of rotatable bonds is 9. The Hall–Kier alpha value is -4.27. The van der Waals surface area contributed by atoms with Crippen molar-refractivity contribution in [3.8, 4) is 16.9 Å². The average molecular weight is 674 g/mol. The van der Waals surface area contributed by atoms with E-state index in [1.54, 1.807) is 18.2 Å². The van der Waals surface area contributed by atoms with Crippen LogP contribution >= 0.6 is 23.2 Å². The highest BCUT2D eigenvalue weighted by molar-refractivity contribution is 6.35. The normalized spacial score (nSPS) is 14.6. The molecule has 0 spiro atoms. The molecule has 47 heavy (non-hydrogen) atoms. The number of halogens is 2. The van der Waals surface area contributed by atoms with Gasteiger partial charge in [-0.05, 0) is 100 Å². The van der Waals surface area contributed by atoms with Gasteiger partial charge in [0.2, 0.25) is 0 Å². The highest BCUT2D eigenvalue weighted by Crippen LogP contribution is 2.44. The van der Waals surface area contributed by atoms with Crippen LogP contribution in [0.3, 0.4) is 0 Å². The van der Waals surface area contributed by atoms with Crippen molar-refractivity contribution in [2.24, 2.45) is 7.05 Å². The van der Waals surface area contributed by atoms with Crippen molar-refractivity contribution in [2.75, 3.05) is 13.2 Å². The maximum absolute atomic E-state index is 14.5. The molecular formula is C37H38Cl2N4O4. The molecule has 1 N–H and O–H groups in total. The van der Waals surface area contributed by atoms with E-state index in [0.29, 0.717) is 43.3 Å². The van der Waals surface area contributed by atoms with E-state index < -0.39 is 5.97 Å². The van der Waals surface area contributed by atoms with E-state index in [4.69, 9.17) is 27.9 Å². The molecule has 1 amide bonds. The van der Waals surface area contributed by atoms with Crippen LogP contribution in [0.5, 0.6) is 5.75 Å². The van der Waals surface area contributed by atoms with Crippen molar-refractivity contribution in [1.82, 2.24) is 19.2 Å². The Kier molecular flexibility index (Phi) is 8.85. The zero-order valence-electron chi connectivity index (χ0n) is 27.4. The molecule has 0 radical (unpaired) electrons. The number of ether oxygens (including phenoxy) is 1. The number of carbonyl (C=O) groups excluding carboxylic acids is 1. The van der Waals surface area contributed by atoms with Crippen LogP contribution in [0.1, 0.15) is 73.9 Å². The molecule has 0 fully saturated rings. The molecule has 2 aromatic heterocycles. The summed E-state index contributed by atoms with van der Waals surface area (Å²) in [4.78, 5) is 28.0. The van der Waals surface area contributed by atoms with E-state index in [-0.39, 0.29) is 17.5 Å². The van der Waals surface area contributed by atoms with E-state index in [1.165, 1.54) is 0 Å². The molecule has 0 saturated heterocycles. The van der Waals surface area contributed by atoms with E-state index in [0.717, 1.165) is 66.4 Å². The van der Waals surface area contributed by atoms with Crippen molar-refractivity contribution in [2.45, 2.75) is 60.0 Å². The van der Waals surface area contributed by atoms with Crippen molar-refractivity contribution in [1.29, 1.82) is 0 Å². The Balaban J connectivity index is 1.44. The van der Waals surface area contributed by atoms with Gasteiger partial charge < -0.3 is 19.3 Å². The third-order valence-corrected chi connectivity index (χ3v) is 10.1. The summed E-state index contributed by atoms with van der Waals surface area (Å²) < 4.78 is 10.2. The first-order valence-corrected chi connectivity index (χ1v) is 16.5. The standard InChI is InChI=1S/C37H38Cl2N4O4/c1-20-15-27(16-21(2)33(20)39)47-14-8-11-28-29-12-13-30(38)32(31-23(4)40-41(6)24(31)5)34(29)43-22(3)18-42(36(44)35(28)43)19-25-9-7-10-26(17-25)37(45)46/h7,9-10,12-13,15-17,22H,8,11,14,18-19H2,1-6H3,(H,45,46)/t22-/m0/s1. The minimum absolute atomic E-state index is 0.0765. The maximum atomic E-state index is 14.5. The summed E-state index contributed by atoms with van der Waals surface area (Å²) in [5.41, 5.74) is 9.12. The Morgan fingerprint density at radius 3 is 2.43 bits per heavy atom. The van der Waals surface area contributed by atoms with Gasteiger partial charge in [0.15, 0.2) is 0 Å². The van der Waals surface area contributed by atoms with Gasteiger partial charge in [0, 0.05) is 53.4 Å². The Morgan fingerprint density at radius 2 is 1.77 bits per heavy atom. The molecule has 0 saturated carbocycles. The topological polar surface area (TPSA) is 89.6 Å². The van der Waals surface area contributed by atoms with Crippen LogP contribution in [0.2, 0.25) is 10.0 Å². The van der Waals surface area contributed by atoms with Crippen LogP contribution in [-0.2, 0) is 20.0 Å². The van der Waals surface area contributed by atoms with Crippen LogP contribution in [-0.4, -0.2) is 49.4 Å². The van der Waals surface area contributed by atoms with Gasteiger partial charge in [0.1, 0.15) is 11.4 Å². The molecule has 0 unspecified atom stereocenters. The predicted octanol–water partition coefficient (Wildman–Crippen LogP) is 8.51. The first-order chi connectivity index (χ1) is 22.4. The summed E-state index contributed by atoms with van der Waals surface area (Å²) in [6.07, 6.45) is 1.29. The van der Waals surface area contributed by atoms with Crippen LogP contribution in [0, 0.1) is 27.7 Å². The number of carboxylic acids is 1.